The average Bonchev–Trinajstić information content (AvgIpc) is 2.69. The zero-order chi connectivity index (χ0) is 19.4. The summed E-state index contributed by atoms with van der Waals surface area (Å²) in [6.07, 6.45) is -0.923. The standard InChI is InChI=1S/C20H17ClN2O4/c1-12-16(18(24)13-7-4-3-5-8-13)17(14-9-6-10-15(21)11-14)19(23-22-12)27-20(25)26-2/h3-11,17,22H,1-2H3. The van der Waals surface area contributed by atoms with Gasteiger partial charge < -0.3 is 9.47 Å². The number of halogens is 1. The Morgan fingerprint density at radius 3 is 2.52 bits per heavy atom. The van der Waals surface area contributed by atoms with Crippen molar-refractivity contribution in [2.45, 2.75) is 12.8 Å². The number of nitrogens with zero attached hydrogens (tertiary/aromatic N) is 1. The van der Waals surface area contributed by atoms with Crippen molar-refractivity contribution in [1.29, 1.82) is 0 Å². The lowest BCUT2D eigenvalue weighted by Gasteiger charge is -2.26. The van der Waals surface area contributed by atoms with Crippen molar-refractivity contribution < 1.29 is 19.1 Å². The molecule has 2 aromatic rings. The van der Waals surface area contributed by atoms with Crippen molar-refractivity contribution in [2.75, 3.05) is 7.11 Å². The molecule has 3 rings (SSSR count). The third-order valence-corrected chi connectivity index (χ3v) is 4.33. The Labute approximate surface area is 161 Å². The molecule has 27 heavy (non-hydrogen) atoms. The highest BCUT2D eigenvalue weighted by Gasteiger charge is 2.35. The van der Waals surface area contributed by atoms with Gasteiger partial charge >= 0.3 is 6.16 Å². The molecule has 0 saturated carbocycles. The number of benzene rings is 2. The number of carbonyl (C=O) groups excluding carboxylic acids is 2. The van der Waals surface area contributed by atoms with Gasteiger partial charge in [0.25, 0.3) is 0 Å². The van der Waals surface area contributed by atoms with E-state index in [-0.39, 0.29) is 11.7 Å². The fourth-order valence-corrected chi connectivity index (χ4v) is 3.05. The SMILES string of the molecule is COC(=O)OC1=NNC(C)=C(C(=O)c2ccccc2)C1c1cccc(Cl)c1. The molecule has 2 aromatic carbocycles. The molecule has 1 heterocycles. The molecule has 1 N–H and O–H groups in total. The minimum atomic E-state index is -0.923. The smallest absolute Gasteiger partial charge is 0.437 e. The molecule has 1 unspecified atom stereocenters. The Morgan fingerprint density at radius 2 is 1.85 bits per heavy atom. The normalized spacial score (nSPS) is 16.3. The first-order valence-electron chi connectivity index (χ1n) is 8.16. The Morgan fingerprint density at radius 1 is 1.11 bits per heavy atom. The van der Waals surface area contributed by atoms with Gasteiger partial charge in [-0.2, -0.15) is 0 Å². The number of methoxy groups -OCH3 is 1. The summed E-state index contributed by atoms with van der Waals surface area (Å²) < 4.78 is 9.78. The van der Waals surface area contributed by atoms with E-state index in [0.29, 0.717) is 27.4 Å². The molecule has 1 atom stereocenters. The molecule has 0 bridgehead atoms. The fraction of sp³-hybridized carbons (Fsp3) is 0.150. The number of ether oxygens (including phenoxy) is 2. The quantitative estimate of drug-likeness (QED) is 0.631. The van der Waals surface area contributed by atoms with Crippen molar-refractivity contribution in [3.8, 4) is 0 Å². The van der Waals surface area contributed by atoms with E-state index >= 15 is 0 Å². The Hall–Kier alpha value is -3.12. The van der Waals surface area contributed by atoms with E-state index in [1.165, 1.54) is 7.11 Å². The molecule has 138 valence electrons. The van der Waals surface area contributed by atoms with Gasteiger partial charge in [-0.3, -0.25) is 10.2 Å². The zero-order valence-electron chi connectivity index (χ0n) is 14.7. The predicted molar refractivity (Wildman–Crippen MR) is 102 cm³/mol. The molecule has 0 saturated heterocycles. The number of hydrogen-bond donors (Lipinski definition) is 1. The van der Waals surface area contributed by atoms with Crippen molar-refractivity contribution >= 4 is 29.4 Å². The second-order valence-corrected chi connectivity index (χ2v) is 6.28. The first kappa shape index (κ1) is 18.7. The van der Waals surface area contributed by atoms with Crippen LogP contribution >= 0.6 is 11.6 Å². The van der Waals surface area contributed by atoms with Crippen molar-refractivity contribution in [2.24, 2.45) is 5.10 Å². The van der Waals surface area contributed by atoms with Crippen LogP contribution in [-0.4, -0.2) is 24.9 Å². The monoisotopic (exact) mass is 384 g/mol. The number of hydrazone groups is 1. The van der Waals surface area contributed by atoms with E-state index in [2.05, 4.69) is 15.3 Å². The van der Waals surface area contributed by atoms with Gasteiger partial charge in [-0.05, 0) is 24.6 Å². The summed E-state index contributed by atoms with van der Waals surface area (Å²) in [5, 5.41) is 4.60. The number of Topliss-reactive ketones (excluding diaryl/α,β-unsaturated/α-hetero) is 1. The van der Waals surface area contributed by atoms with Crippen LogP contribution < -0.4 is 5.43 Å². The maximum absolute atomic E-state index is 13.2. The summed E-state index contributed by atoms with van der Waals surface area (Å²) in [4.78, 5) is 24.9. The second-order valence-electron chi connectivity index (χ2n) is 5.84. The molecule has 0 amide bonds. The van der Waals surface area contributed by atoms with Gasteiger partial charge in [0.05, 0.1) is 13.0 Å². The van der Waals surface area contributed by atoms with Crippen LogP contribution in [0.2, 0.25) is 5.02 Å². The molecule has 1 aliphatic heterocycles. The van der Waals surface area contributed by atoms with Crippen LogP contribution in [-0.2, 0) is 9.47 Å². The first-order valence-corrected chi connectivity index (χ1v) is 8.54. The number of nitrogens with one attached hydrogen (secondary N) is 1. The molecule has 7 heteroatoms. The molecular weight excluding hydrogens is 368 g/mol. The third kappa shape index (κ3) is 4.01. The molecule has 0 fully saturated rings. The molecule has 0 aromatic heterocycles. The minimum Gasteiger partial charge on any atom is -0.437 e. The summed E-state index contributed by atoms with van der Waals surface area (Å²) in [6.45, 7) is 1.74. The molecule has 0 radical (unpaired) electrons. The first-order chi connectivity index (χ1) is 13.0. The number of allylic oxidation sites excluding steroid dienone is 1. The molecule has 1 aliphatic rings. The topological polar surface area (TPSA) is 77.0 Å². The minimum absolute atomic E-state index is 0.00833. The largest absolute Gasteiger partial charge is 0.514 e. The average molecular weight is 385 g/mol. The Bertz CT molecular complexity index is 938. The summed E-state index contributed by atoms with van der Waals surface area (Å²) in [6, 6.07) is 15.8. The van der Waals surface area contributed by atoms with Crippen molar-refractivity contribution in [3.63, 3.8) is 0 Å². The number of ketones is 1. The van der Waals surface area contributed by atoms with Gasteiger partial charge in [-0.1, -0.05) is 54.1 Å². The predicted octanol–water partition coefficient (Wildman–Crippen LogP) is 4.28. The lowest BCUT2D eigenvalue weighted by Crippen LogP contribution is -2.33. The van der Waals surface area contributed by atoms with Gasteiger partial charge in [0.15, 0.2) is 5.78 Å². The van der Waals surface area contributed by atoms with E-state index in [1.54, 1.807) is 55.5 Å². The summed E-state index contributed by atoms with van der Waals surface area (Å²) in [5.74, 6) is -0.905. The van der Waals surface area contributed by atoms with Crippen LogP contribution in [0, 0.1) is 0 Å². The van der Waals surface area contributed by atoms with Crippen LogP contribution in [0.1, 0.15) is 28.8 Å². The number of hydrogen-bond acceptors (Lipinski definition) is 6. The fourth-order valence-electron chi connectivity index (χ4n) is 2.85. The van der Waals surface area contributed by atoms with Crippen LogP contribution in [0.4, 0.5) is 4.79 Å². The third-order valence-electron chi connectivity index (χ3n) is 4.09. The van der Waals surface area contributed by atoms with E-state index in [0.717, 1.165) is 0 Å². The summed E-state index contributed by atoms with van der Waals surface area (Å²) in [7, 11) is 1.20. The highest BCUT2D eigenvalue weighted by atomic mass is 35.5. The highest BCUT2D eigenvalue weighted by molar-refractivity contribution is 6.30. The molecule has 0 spiro atoms. The van der Waals surface area contributed by atoms with Gasteiger partial charge in [-0.25, -0.2) is 4.79 Å². The lowest BCUT2D eigenvalue weighted by atomic mass is 9.84. The molecule has 6 nitrogen and oxygen atoms in total. The van der Waals surface area contributed by atoms with Crippen LogP contribution in [0.25, 0.3) is 0 Å². The van der Waals surface area contributed by atoms with Crippen molar-refractivity contribution in [3.05, 3.63) is 82.0 Å². The maximum Gasteiger partial charge on any atom is 0.514 e. The molecule has 0 aliphatic carbocycles. The number of carbonyl (C=O) groups is 2. The van der Waals surface area contributed by atoms with Crippen LogP contribution in [0.3, 0.4) is 0 Å². The van der Waals surface area contributed by atoms with E-state index in [9.17, 15) is 9.59 Å². The van der Waals surface area contributed by atoms with Gasteiger partial charge in [0, 0.05) is 21.9 Å². The summed E-state index contributed by atoms with van der Waals surface area (Å²) >= 11 is 6.14. The highest BCUT2D eigenvalue weighted by Crippen LogP contribution is 2.34. The Balaban J connectivity index is 2.10. The van der Waals surface area contributed by atoms with Gasteiger partial charge in [0.1, 0.15) is 0 Å². The van der Waals surface area contributed by atoms with E-state index in [4.69, 9.17) is 16.3 Å². The zero-order valence-corrected chi connectivity index (χ0v) is 15.5. The van der Waals surface area contributed by atoms with E-state index < -0.39 is 12.1 Å². The van der Waals surface area contributed by atoms with Crippen molar-refractivity contribution in [1.82, 2.24) is 5.43 Å². The maximum atomic E-state index is 13.2. The van der Waals surface area contributed by atoms with Gasteiger partial charge in [0.2, 0.25) is 5.90 Å². The lowest BCUT2D eigenvalue weighted by molar-refractivity contribution is 0.101. The van der Waals surface area contributed by atoms with Gasteiger partial charge in [-0.15, -0.1) is 5.10 Å². The number of rotatable bonds is 3. The molecular formula is C20H17ClN2O4. The Kier molecular flexibility index (Phi) is 5.57. The van der Waals surface area contributed by atoms with E-state index in [1.807, 2.05) is 6.07 Å². The summed E-state index contributed by atoms with van der Waals surface area (Å²) in [5.41, 5.74) is 4.92. The van der Waals surface area contributed by atoms with Crippen LogP contribution in [0.15, 0.2) is 71.0 Å². The van der Waals surface area contributed by atoms with Crippen LogP contribution in [0.5, 0.6) is 0 Å². The second kappa shape index (κ2) is 8.05.